The molecule has 0 aliphatic heterocycles. The summed E-state index contributed by atoms with van der Waals surface area (Å²) in [6.45, 7) is 1.67. The molecular formula is C21H18FNO. The summed E-state index contributed by atoms with van der Waals surface area (Å²) in [5.74, 6) is -0.686. The van der Waals surface area contributed by atoms with Crippen molar-refractivity contribution in [1.29, 1.82) is 0 Å². The summed E-state index contributed by atoms with van der Waals surface area (Å²) >= 11 is 0. The van der Waals surface area contributed by atoms with E-state index < -0.39 is 0 Å². The zero-order valence-corrected chi connectivity index (χ0v) is 13.4. The van der Waals surface area contributed by atoms with Crippen LogP contribution in [0.4, 0.5) is 10.1 Å². The van der Waals surface area contributed by atoms with E-state index in [1.165, 1.54) is 11.6 Å². The maximum absolute atomic E-state index is 13.7. The van der Waals surface area contributed by atoms with Gasteiger partial charge in [-0.1, -0.05) is 54.6 Å². The number of aryl methyl sites for hydroxylation is 1. The molecule has 0 bridgehead atoms. The van der Waals surface area contributed by atoms with Crippen molar-refractivity contribution in [3.05, 3.63) is 101 Å². The highest BCUT2D eigenvalue weighted by Gasteiger charge is 2.11. The number of hydrogen-bond acceptors (Lipinski definition) is 1. The fourth-order valence-corrected chi connectivity index (χ4v) is 2.54. The lowest BCUT2D eigenvalue weighted by molar-refractivity contribution is 0.102. The highest BCUT2D eigenvalue weighted by molar-refractivity contribution is 6.04. The van der Waals surface area contributed by atoms with Crippen molar-refractivity contribution in [1.82, 2.24) is 0 Å². The Morgan fingerprint density at radius 3 is 2.42 bits per heavy atom. The van der Waals surface area contributed by atoms with Gasteiger partial charge >= 0.3 is 0 Å². The second-order valence-corrected chi connectivity index (χ2v) is 5.74. The van der Waals surface area contributed by atoms with Crippen LogP contribution < -0.4 is 5.32 Å². The van der Waals surface area contributed by atoms with Crippen molar-refractivity contribution in [3.8, 4) is 0 Å². The van der Waals surface area contributed by atoms with Crippen molar-refractivity contribution in [2.75, 3.05) is 5.32 Å². The molecule has 0 radical (unpaired) electrons. The number of nitrogens with one attached hydrogen (secondary N) is 1. The number of amides is 1. The summed E-state index contributed by atoms with van der Waals surface area (Å²) in [6.07, 6.45) is 0.722. The molecule has 0 fully saturated rings. The van der Waals surface area contributed by atoms with Crippen LogP contribution in [0.25, 0.3) is 0 Å². The zero-order valence-electron chi connectivity index (χ0n) is 13.4. The molecule has 0 saturated heterocycles. The Bertz CT molecular complexity index is 859. The van der Waals surface area contributed by atoms with E-state index in [0.29, 0.717) is 11.1 Å². The van der Waals surface area contributed by atoms with Gasteiger partial charge in [0, 0.05) is 11.3 Å². The van der Waals surface area contributed by atoms with Crippen LogP contribution >= 0.6 is 0 Å². The molecular weight excluding hydrogens is 301 g/mol. The van der Waals surface area contributed by atoms with Gasteiger partial charge in [-0.2, -0.15) is 0 Å². The van der Waals surface area contributed by atoms with E-state index >= 15 is 0 Å². The van der Waals surface area contributed by atoms with Crippen molar-refractivity contribution >= 4 is 11.6 Å². The summed E-state index contributed by atoms with van der Waals surface area (Å²) in [5.41, 5.74) is 3.76. The van der Waals surface area contributed by atoms with Gasteiger partial charge in [0.05, 0.1) is 0 Å². The molecule has 0 saturated carbocycles. The van der Waals surface area contributed by atoms with Gasteiger partial charge in [-0.15, -0.1) is 0 Å². The summed E-state index contributed by atoms with van der Waals surface area (Å²) in [6, 6.07) is 22.2. The molecule has 0 aliphatic carbocycles. The molecule has 0 aromatic heterocycles. The minimum absolute atomic E-state index is 0.311. The summed E-state index contributed by atoms with van der Waals surface area (Å²) < 4.78 is 13.7. The minimum atomic E-state index is -0.375. The molecule has 1 amide bonds. The number of benzene rings is 3. The maximum atomic E-state index is 13.7. The third-order valence-electron chi connectivity index (χ3n) is 3.94. The molecule has 3 rings (SSSR count). The Hall–Kier alpha value is -2.94. The fourth-order valence-electron chi connectivity index (χ4n) is 2.54. The van der Waals surface area contributed by atoms with E-state index in [-0.39, 0.29) is 11.7 Å². The normalized spacial score (nSPS) is 10.4. The Morgan fingerprint density at radius 1 is 0.958 bits per heavy atom. The molecule has 0 spiro atoms. The quantitative estimate of drug-likeness (QED) is 0.722. The number of para-hydroxylation sites is 1. The predicted octanol–water partition coefficient (Wildman–Crippen LogP) is 4.98. The average molecular weight is 319 g/mol. The van der Waals surface area contributed by atoms with Gasteiger partial charge in [-0.25, -0.2) is 4.39 Å². The van der Waals surface area contributed by atoms with Gasteiger partial charge in [0.1, 0.15) is 5.82 Å². The van der Waals surface area contributed by atoms with Crippen LogP contribution in [0.3, 0.4) is 0 Å². The minimum Gasteiger partial charge on any atom is -0.322 e. The third-order valence-corrected chi connectivity index (χ3v) is 3.94. The highest BCUT2D eigenvalue weighted by Crippen LogP contribution is 2.20. The van der Waals surface area contributed by atoms with Crippen molar-refractivity contribution in [2.45, 2.75) is 13.3 Å². The van der Waals surface area contributed by atoms with Crippen LogP contribution in [0, 0.1) is 12.7 Å². The van der Waals surface area contributed by atoms with Gasteiger partial charge < -0.3 is 5.32 Å². The largest absolute Gasteiger partial charge is 0.322 e. The molecule has 0 unspecified atom stereocenters. The number of anilines is 1. The van der Waals surface area contributed by atoms with E-state index in [0.717, 1.165) is 17.7 Å². The highest BCUT2D eigenvalue weighted by atomic mass is 19.1. The molecule has 120 valence electrons. The second-order valence-electron chi connectivity index (χ2n) is 5.74. The molecule has 3 aromatic carbocycles. The van der Waals surface area contributed by atoms with Gasteiger partial charge in [0.15, 0.2) is 0 Å². The topological polar surface area (TPSA) is 29.1 Å². The van der Waals surface area contributed by atoms with Crippen molar-refractivity contribution in [3.63, 3.8) is 0 Å². The van der Waals surface area contributed by atoms with Gasteiger partial charge in [-0.3, -0.25) is 4.79 Å². The van der Waals surface area contributed by atoms with Gasteiger partial charge in [-0.05, 0) is 48.2 Å². The number of rotatable bonds is 4. The molecule has 1 N–H and O–H groups in total. The second kappa shape index (κ2) is 7.09. The first-order chi connectivity index (χ1) is 11.6. The average Bonchev–Trinajstić information content (AvgIpc) is 2.60. The first-order valence-electron chi connectivity index (χ1n) is 7.83. The van der Waals surface area contributed by atoms with E-state index in [1.807, 2.05) is 54.6 Å². The first kappa shape index (κ1) is 15.9. The van der Waals surface area contributed by atoms with Crippen LogP contribution in [0.2, 0.25) is 0 Å². The molecule has 0 aliphatic rings. The summed E-state index contributed by atoms with van der Waals surface area (Å²) in [5, 5.41) is 2.89. The Kier molecular flexibility index (Phi) is 4.71. The van der Waals surface area contributed by atoms with E-state index in [1.54, 1.807) is 19.1 Å². The van der Waals surface area contributed by atoms with Crippen LogP contribution in [0.15, 0.2) is 72.8 Å². The van der Waals surface area contributed by atoms with Crippen LogP contribution in [-0.2, 0) is 6.42 Å². The zero-order chi connectivity index (χ0) is 16.9. The molecule has 24 heavy (non-hydrogen) atoms. The molecule has 3 heteroatoms. The Labute approximate surface area is 141 Å². The lowest BCUT2D eigenvalue weighted by Gasteiger charge is -2.11. The third kappa shape index (κ3) is 3.69. The molecule has 0 atom stereocenters. The van der Waals surface area contributed by atoms with Crippen LogP contribution in [-0.4, -0.2) is 5.91 Å². The van der Waals surface area contributed by atoms with Crippen LogP contribution in [0.5, 0.6) is 0 Å². The van der Waals surface area contributed by atoms with Gasteiger partial charge in [0.2, 0.25) is 0 Å². The van der Waals surface area contributed by atoms with E-state index in [4.69, 9.17) is 0 Å². The molecule has 2 nitrogen and oxygen atoms in total. The Morgan fingerprint density at radius 2 is 1.67 bits per heavy atom. The predicted molar refractivity (Wildman–Crippen MR) is 94.8 cm³/mol. The van der Waals surface area contributed by atoms with E-state index in [2.05, 4.69) is 5.32 Å². The van der Waals surface area contributed by atoms with Crippen molar-refractivity contribution < 1.29 is 9.18 Å². The van der Waals surface area contributed by atoms with E-state index in [9.17, 15) is 9.18 Å². The summed E-state index contributed by atoms with van der Waals surface area (Å²) in [4.78, 5) is 12.4. The summed E-state index contributed by atoms with van der Waals surface area (Å²) in [7, 11) is 0. The number of carbonyl (C=O) groups is 1. The maximum Gasteiger partial charge on any atom is 0.255 e. The Balaban J connectivity index is 1.82. The monoisotopic (exact) mass is 319 g/mol. The lowest BCUT2D eigenvalue weighted by Crippen LogP contribution is -2.13. The smallest absolute Gasteiger partial charge is 0.255 e. The number of hydrogen-bond donors (Lipinski definition) is 1. The molecule has 3 aromatic rings. The van der Waals surface area contributed by atoms with Crippen molar-refractivity contribution in [2.24, 2.45) is 0 Å². The standard InChI is InChI=1S/C21H18FNO/c1-15-11-12-18(14-19(15)22)21(24)23-20-10-6-5-9-17(20)13-16-7-3-2-4-8-16/h2-12,14H,13H2,1H3,(H,23,24). The first-order valence-corrected chi connectivity index (χ1v) is 7.83. The van der Waals surface area contributed by atoms with Gasteiger partial charge in [0.25, 0.3) is 5.91 Å². The number of carbonyl (C=O) groups excluding carboxylic acids is 1. The fraction of sp³-hybridized carbons (Fsp3) is 0.0952. The van der Waals surface area contributed by atoms with Crippen LogP contribution in [0.1, 0.15) is 27.0 Å². The molecule has 0 heterocycles. The number of halogens is 1. The SMILES string of the molecule is Cc1ccc(C(=O)Nc2ccccc2Cc2ccccc2)cc1F. The lowest BCUT2D eigenvalue weighted by atomic mass is 10.0.